The lowest BCUT2D eigenvalue weighted by Crippen LogP contribution is -2.17. The van der Waals surface area contributed by atoms with E-state index in [1.165, 1.54) is 25.0 Å². The SMILES string of the molecule is CSCCCCCNCc1ncc(Cl)n1C. The molecule has 0 aromatic carbocycles. The van der Waals surface area contributed by atoms with E-state index in [-0.39, 0.29) is 0 Å². The van der Waals surface area contributed by atoms with Gasteiger partial charge < -0.3 is 9.88 Å². The minimum Gasteiger partial charge on any atom is -0.321 e. The lowest BCUT2D eigenvalue weighted by atomic mass is 10.2. The van der Waals surface area contributed by atoms with E-state index in [0.717, 1.165) is 18.9 Å². The molecule has 1 aromatic rings. The second-order valence-electron chi connectivity index (χ2n) is 3.79. The van der Waals surface area contributed by atoms with Gasteiger partial charge >= 0.3 is 0 Å². The molecule has 1 aromatic heterocycles. The molecule has 5 heteroatoms. The van der Waals surface area contributed by atoms with Crippen molar-refractivity contribution in [2.24, 2.45) is 7.05 Å². The first-order chi connectivity index (χ1) is 7.75. The van der Waals surface area contributed by atoms with Crippen LogP contribution in [0.15, 0.2) is 6.20 Å². The van der Waals surface area contributed by atoms with Gasteiger partial charge in [-0.05, 0) is 31.4 Å². The number of nitrogens with one attached hydrogen (secondary N) is 1. The van der Waals surface area contributed by atoms with E-state index in [2.05, 4.69) is 16.6 Å². The molecule has 1 N–H and O–H groups in total. The molecule has 1 heterocycles. The standard InChI is InChI=1S/C11H20ClN3S/c1-15-10(12)8-14-11(15)9-13-6-4-3-5-7-16-2/h8,13H,3-7,9H2,1-2H3. The monoisotopic (exact) mass is 261 g/mol. The summed E-state index contributed by atoms with van der Waals surface area (Å²) in [5.74, 6) is 2.27. The largest absolute Gasteiger partial charge is 0.321 e. The van der Waals surface area contributed by atoms with E-state index in [0.29, 0.717) is 5.15 Å². The predicted molar refractivity (Wildman–Crippen MR) is 72.2 cm³/mol. The van der Waals surface area contributed by atoms with E-state index in [1.807, 2.05) is 23.4 Å². The van der Waals surface area contributed by atoms with Crippen molar-refractivity contribution in [2.75, 3.05) is 18.6 Å². The first-order valence-corrected chi connectivity index (χ1v) is 7.38. The van der Waals surface area contributed by atoms with Crippen LogP contribution in [0, 0.1) is 0 Å². The minimum absolute atomic E-state index is 0.691. The van der Waals surface area contributed by atoms with Gasteiger partial charge in [0.25, 0.3) is 0 Å². The molecule has 0 aliphatic heterocycles. The van der Waals surface area contributed by atoms with Gasteiger partial charge in [0.1, 0.15) is 11.0 Å². The molecule has 3 nitrogen and oxygen atoms in total. The van der Waals surface area contributed by atoms with Crippen LogP contribution in [0.2, 0.25) is 5.15 Å². The number of imidazole rings is 1. The zero-order valence-corrected chi connectivity index (χ0v) is 11.6. The Bertz CT molecular complexity index is 301. The van der Waals surface area contributed by atoms with Crippen LogP contribution in [0.5, 0.6) is 0 Å². The molecule has 1 rings (SSSR count). The summed E-state index contributed by atoms with van der Waals surface area (Å²) in [5.41, 5.74) is 0. The van der Waals surface area contributed by atoms with Gasteiger partial charge in [-0.1, -0.05) is 18.0 Å². The van der Waals surface area contributed by atoms with Crippen LogP contribution < -0.4 is 5.32 Å². The first kappa shape index (κ1) is 13.9. The normalized spacial score (nSPS) is 10.9. The highest BCUT2D eigenvalue weighted by Crippen LogP contribution is 2.08. The van der Waals surface area contributed by atoms with Crippen molar-refractivity contribution < 1.29 is 0 Å². The Kier molecular flexibility index (Phi) is 6.92. The lowest BCUT2D eigenvalue weighted by Gasteiger charge is -2.05. The fourth-order valence-corrected chi connectivity index (χ4v) is 2.10. The Hall–Kier alpha value is -0.190. The average Bonchev–Trinajstić information content (AvgIpc) is 2.59. The average molecular weight is 262 g/mol. The second-order valence-corrected chi connectivity index (χ2v) is 5.16. The van der Waals surface area contributed by atoms with Crippen LogP contribution in [0.3, 0.4) is 0 Å². The van der Waals surface area contributed by atoms with Gasteiger partial charge in [0.15, 0.2) is 0 Å². The van der Waals surface area contributed by atoms with Crippen LogP contribution in [0.4, 0.5) is 0 Å². The Labute approximate surface area is 107 Å². The molecule has 92 valence electrons. The van der Waals surface area contributed by atoms with E-state index in [1.54, 1.807) is 6.20 Å². The van der Waals surface area contributed by atoms with Crippen LogP contribution in [0.1, 0.15) is 25.1 Å². The van der Waals surface area contributed by atoms with Crippen LogP contribution in [0.25, 0.3) is 0 Å². The smallest absolute Gasteiger partial charge is 0.128 e. The van der Waals surface area contributed by atoms with E-state index in [9.17, 15) is 0 Å². The maximum atomic E-state index is 5.90. The van der Waals surface area contributed by atoms with E-state index >= 15 is 0 Å². The number of rotatable bonds is 8. The molecule has 0 fully saturated rings. The fourth-order valence-electron chi connectivity index (χ4n) is 1.46. The molecule has 0 saturated heterocycles. The van der Waals surface area contributed by atoms with Gasteiger partial charge in [-0.2, -0.15) is 11.8 Å². The van der Waals surface area contributed by atoms with Crippen molar-refractivity contribution in [3.63, 3.8) is 0 Å². The molecular weight excluding hydrogens is 242 g/mol. The highest BCUT2D eigenvalue weighted by atomic mass is 35.5. The maximum Gasteiger partial charge on any atom is 0.128 e. The summed E-state index contributed by atoms with van der Waals surface area (Å²) in [6, 6.07) is 0. The fraction of sp³-hybridized carbons (Fsp3) is 0.727. The Morgan fingerprint density at radius 3 is 2.88 bits per heavy atom. The molecule has 0 spiro atoms. The third-order valence-electron chi connectivity index (χ3n) is 2.51. The molecule has 0 radical (unpaired) electrons. The van der Waals surface area contributed by atoms with Crippen molar-refractivity contribution in [3.05, 3.63) is 17.2 Å². The van der Waals surface area contributed by atoms with Gasteiger partial charge in [-0.25, -0.2) is 4.98 Å². The summed E-state index contributed by atoms with van der Waals surface area (Å²) in [7, 11) is 1.94. The minimum atomic E-state index is 0.691. The third-order valence-corrected chi connectivity index (χ3v) is 3.56. The number of aromatic nitrogens is 2. The maximum absolute atomic E-state index is 5.90. The molecule has 0 saturated carbocycles. The van der Waals surface area contributed by atoms with E-state index < -0.39 is 0 Å². The van der Waals surface area contributed by atoms with Gasteiger partial charge in [-0.3, -0.25) is 0 Å². The number of unbranched alkanes of at least 4 members (excludes halogenated alkanes) is 2. The molecule has 16 heavy (non-hydrogen) atoms. The van der Waals surface area contributed by atoms with Crippen LogP contribution >= 0.6 is 23.4 Å². The second kappa shape index (κ2) is 7.98. The number of halogens is 1. The lowest BCUT2D eigenvalue weighted by molar-refractivity contribution is 0.593. The summed E-state index contributed by atoms with van der Waals surface area (Å²) >= 11 is 7.82. The third kappa shape index (κ3) is 4.76. The van der Waals surface area contributed by atoms with Gasteiger partial charge in [0.2, 0.25) is 0 Å². The summed E-state index contributed by atoms with van der Waals surface area (Å²) in [6.07, 6.45) is 7.70. The number of thioether (sulfide) groups is 1. The van der Waals surface area contributed by atoms with Crippen molar-refractivity contribution in [1.82, 2.24) is 14.9 Å². The summed E-state index contributed by atoms with van der Waals surface area (Å²) in [6.45, 7) is 1.85. The molecule has 0 amide bonds. The zero-order chi connectivity index (χ0) is 11.8. The molecule has 0 bridgehead atoms. The van der Waals surface area contributed by atoms with Crippen molar-refractivity contribution >= 4 is 23.4 Å². The zero-order valence-electron chi connectivity index (χ0n) is 10.0. The Morgan fingerprint density at radius 1 is 1.44 bits per heavy atom. The summed E-state index contributed by atoms with van der Waals surface area (Å²) < 4.78 is 1.91. The highest BCUT2D eigenvalue weighted by Gasteiger charge is 2.02. The quantitative estimate of drug-likeness (QED) is 0.730. The summed E-state index contributed by atoms with van der Waals surface area (Å²) in [4.78, 5) is 4.23. The number of hydrogen-bond acceptors (Lipinski definition) is 3. The molecule has 0 aliphatic carbocycles. The van der Waals surface area contributed by atoms with Gasteiger partial charge in [-0.15, -0.1) is 0 Å². The van der Waals surface area contributed by atoms with Crippen molar-refractivity contribution in [2.45, 2.75) is 25.8 Å². The number of hydrogen-bond donors (Lipinski definition) is 1. The number of nitrogens with zero attached hydrogens (tertiary/aromatic N) is 2. The van der Waals surface area contributed by atoms with Crippen molar-refractivity contribution in [3.8, 4) is 0 Å². The highest BCUT2D eigenvalue weighted by molar-refractivity contribution is 7.98. The van der Waals surface area contributed by atoms with E-state index in [4.69, 9.17) is 11.6 Å². The topological polar surface area (TPSA) is 29.9 Å². The van der Waals surface area contributed by atoms with Crippen molar-refractivity contribution in [1.29, 1.82) is 0 Å². The van der Waals surface area contributed by atoms with Gasteiger partial charge in [0, 0.05) is 7.05 Å². The predicted octanol–water partition coefficient (Wildman–Crippen LogP) is 2.70. The van der Waals surface area contributed by atoms with Crippen LogP contribution in [-0.4, -0.2) is 28.1 Å². The summed E-state index contributed by atoms with van der Waals surface area (Å²) in [5, 5.41) is 4.08. The Balaban J connectivity index is 2.05. The van der Waals surface area contributed by atoms with Crippen LogP contribution in [-0.2, 0) is 13.6 Å². The molecule has 0 aliphatic rings. The molecule has 0 unspecified atom stereocenters. The van der Waals surface area contributed by atoms with Gasteiger partial charge in [0.05, 0.1) is 12.7 Å². The Morgan fingerprint density at radius 2 is 2.25 bits per heavy atom. The molecule has 0 atom stereocenters. The molecular formula is C11H20ClN3S. The first-order valence-electron chi connectivity index (χ1n) is 5.61.